The summed E-state index contributed by atoms with van der Waals surface area (Å²) >= 11 is 0. The molecule has 1 aliphatic heterocycles. The van der Waals surface area contributed by atoms with Crippen LogP contribution in [0.4, 0.5) is 0 Å². The average Bonchev–Trinajstić information content (AvgIpc) is 2.80. The maximum Gasteiger partial charge on any atom is 0.272 e. The van der Waals surface area contributed by atoms with Gasteiger partial charge in [-0.2, -0.15) is 0 Å². The van der Waals surface area contributed by atoms with Crippen molar-refractivity contribution in [3.8, 4) is 11.1 Å². The highest BCUT2D eigenvalue weighted by atomic mass is 16.2. The van der Waals surface area contributed by atoms with Gasteiger partial charge < -0.3 is 10.6 Å². The number of nitrogens with two attached hydrogens (primary N) is 1. The second kappa shape index (κ2) is 8.72. The Hall–Kier alpha value is -3.47. The van der Waals surface area contributed by atoms with Crippen molar-refractivity contribution in [1.82, 2.24) is 9.88 Å². The third kappa shape index (κ3) is 4.22. The van der Waals surface area contributed by atoms with Crippen molar-refractivity contribution in [3.05, 3.63) is 89.7 Å². The zero-order valence-electron chi connectivity index (χ0n) is 17.8. The number of carbonyl (C=O) groups is 2. The fraction of sp³-hybridized carbons (Fsp3) is 0.269. The van der Waals surface area contributed by atoms with Crippen LogP contribution in [-0.2, 0) is 11.2 Å². The van der Waals surface area contributed by atoms with Crippen LogP contribution < -0.4 is 5.73 Å². The quantitative estimate of drug-likeness (QED) is 0.687. The molecule has 0 spiro atoms. The maximum atomic E-state index is 12.8. The Morgan fingerprint density at radius 2 is 1.58 bits per heavy atom. The highest BCUT2D eigenvalue weighted by Crippen LogP contribution is 2.38. The van der Waals surface area contributed by atoms with E-state index in [1.165, 1.54) is 11.1 Å². The number of carbonyl (C=O) groups excluding carboxylic acids is 2. The number of aromatic nitrogens is 1. The van der Waals surface area contributed by atoms with Gasteiger partial charge in [0.15, 0.2) is 0 Å². The SMILES string of the molecule is Cc1ccccc1-c1ccccc1CC1(C(N)=O)CCN(C(=O)c2ccccn2)CC1. The number of pyridine rings is 1. The van der Waals surface area contributed by atoms with Crippen LogP contribution in [0.5, 0.6) is 0 Å². The molecule has 1 saturated heterocycles. The van der Waals surface area contributed by atoms with Gasteiger partial charge in [-0.05, 0) is 60.6 Å². The summed E-state index contributed by atoms with van der Waals surface area (Å²) in [5.41, 5.74) is 10.3. The van der Waals surface area contributed by atoms with Crippen molar-refractivity contribution in [2.45, 2.75) is 26.2 Å². The van der Waals surface area contributed by atoms with E-state index in [0.29, 0.717) is 38.0 Å². The molecule has 0 atom stereocenters. The van der Waals surface area contributed by atoms with E-state index >= 15 is 0 Å². The first-order valence-electron chi connectivity index (χ1n) is 10.6. The maximum absolute atomic E-state index is 12.8. The molecule has 5 heteroatoms. The lowest BCUT2D eigenvalue weighted by atomic mass is 9.72. The first-order valence-corrected chi connectivity index (χ1v) is 10.6. The Kier molecular flexibility index (Phi) is 5.85. The summed E-state index contributed by atoms with van der Waals surface area (Å²) < 4.78 is 0. The molecule has 2 heterocycles. The van der Waals surface area contributed by atoms with Gasteiger partial charge in [-0.1, -0.05) is 54.6 Å². The third-order valence-corrected chi connectivity index (χ3v) is 6.40. The standard InChI is InChI=1S/C26H27N3O2/c1-19-8-2-4-10-21(19)22-11-5-3-9-20(22)18-26(25(27)31)13-16-29(17-14-26)24(30)23-12-6-7-15-28-23/h2-12,15H,13-14,16-18H2,1H3,(H2,27,31). The van der Waals surface area contributed by atoms with Crippen LogP contribution in [0.25, 0.3) is 11.1 Å². The van der Waals surface area contributed by atoms with E-state index in [9.17, 15) is 9.59 Å². The van der Waals surface area contributed by atoms with Gasteiger partial charge in [-0.3, -0.25) is 14.6 Å². The Morgan fingerprint density at radius 3 is 2.23 bits per heavy atom. The van der Waals surface area contributed by atoms with Gasteiger partial charge >= 0.3 is 0 Å². The zero-order valence-corrected chi connectivity index (χ0v) is 17.8. The number of primary amides is 1. The van der Waals surface area contributed by atoms with Crippen LogP contribution in [0.15, 0.2) is 72.9 Å². The lowest BCUT2D eigenvalue weighted by Gasteiger charge is -2.40. The van der Waals surface area contributed by atoms with Crippen LogP contribution in [-0.4, -0.2) is 34.8 Å². The summed E-state index contributed by atoms with van der Waals surface area (Å²) in [6.45, 7) is 3.08. The molecule has 0 radical (unpaired) electrons. The predicted molar refractivity (Wildman–Crippen MR) is 121 cm³/mol. The van der Waals surface area contributed by atoms with Crippen molar-refractivity contribution in [3.63, 3.8) is 0 Å². The molecular formula is C26H27N3O2. The molecule has 1 aliphatic rings. The Bertz CT molecular complexity index is 1090. The monoisotopic (exact) mass is 413 g/mol. The molecule has 0 aliphatic carbocycles. The molecule has 2 amide bonds. The number of benzene rings is 2. The van der Waals surface area contributed by atoms with Crippen LogP contribution in [0, 0.1) is 12.3 Å². The number of amides is 2. The summed E-state index contributed by atoms with van der Waals surface area (Å²) in [5, 5.41) is 0. The summed E-state index contributed by atoms with van der Waals surface area (Å²) in [7, 11) is 0. The number of hydrogen-bond donors (Lipinski definition) is 1. The molecule has 3 aromatic rings. The average molecular weight is 414 g/mol. The second-order valence-electron chi connectivity index (χ2n) is 8.30. The van der Waals surface area contributed by atoms with Gasteiger partial charge in [-0.15, -0.1) is 0 Å². The zero-order chi connectivity index (χ0) is 21.8. The fourth-order valence-corrected chi connectivity index (χ4v) is 4.48. The van der Waals surface area contributed by atoms with E-state index in [-0.39, 0.29) is 11.8 Å². The fourth-order valence-electron chi connectivity index (χ4n) is 4.48. The number of rotatable bonds is 5. The minimum atomic E-state index is -0.667. The molecule has 31 heavy (non-hydrogen) atoms. The summed E-state index contributed by atoms with van der Waals surface area (Å²) in [5.74, 6) is -0.393. The predicted octanol–water partition coefficient (Wildman–Crippen LogP) is 4.01. The second-order valence-corrected chi connectivity index (χ2v) is 8.30. The van der Waals surface area contributed by atoms with Gasteiger partial charge in [-0.25, -0.2) is 0 Å². The number of hydrogen-bond acceptors (Lipinski definition) is 3. The Morgan fingerprint density at radius 1 is 0.935 bits per heavy atom. The van der Waals surface area contributed by atoms with Gasteiger partial charge in [0.25, 0.3) is 5.91 Å². The summed E-state index contributed by atoms with van der Waals surface area (Å²) in [6, 6.07) is 21.8. The van der Waals surface area contributed by atoms with E-state index in [1.807, 2.05) is 24.3 Å². The van der Waals surface area contributed by atoms with Crippen molar-refractivity contribution in [2.75, 3.05) is 13.1 Å². The van der Waals surface area contributed by atoms with Gasteiger partial charge in [0.2, 0.25) is 5.91 Å². The van der Waals surface area contributed by atoms with E-state index in [2.05, 4.69) is 36.2 Å². The van der Waals surface area contributed by atoms with Crippen LogP contribution in [0.3, 0.4) is 0 Å². The highest BCUT2D eigenvalue weighted by Gasteiger charge is 2.41. The number of nitrogens with zero attached hydrogens (tertiary/aromatic N) is 2. The van der Waals surface area contributed by atoms with E-state index < -0.39 is 5.41 Å². The van der Waals surface area contributed by atoms with Gasteiger partial charge in [0, 0.05) is 19.3 Å². The summed E-state index contributed by atoms with van der Waals surface area (Å²) in [4.78, 5) is 31.3. The molecule has 0 bridgehead atoms. The molecule has 0 unspecified atom stereocenters. The molecule has 2 N–H and O–H groups in total. The first kappa shape index (κ1) is 20.8. The molecule has 1 aromatic heterocycles. The van der Waals surface area contributed by atoms with E-state index in [1.54, 1.807) is 29.3 Å². The molecule has 2 aromatic carbocycles. The van der Waals surface area contributed by atoms with Gasteiger partial charge in [0.1, 0.15) is 5.69 Å². The van der Waals surface area contributed by atoms with Gasteiger partial charge in [0.05, 0.1) is 5.41 Å². The topological polar surface area (TPSA) is 76.3 Å². The minimum Gasteiger partial charge on any atom is -0.369 e. The van der Waals surface area contributed by atoms with Crippen LogP contribution >= 0.6 is 0 Å². The molecule has 0 saturated carbocycles. The van der Waals surface area contributed by atoms with Crippen molar-refractivity contribution >= 4 is 11.8 Å². The summed E-state index contributed by atoms with van der Waals surface area (Å²) in [6.07, 6.45) is 3.28. The van der Waals surface area contributed by atoms with Crippen molar-refractivity contribution in [1.29, 1.82) is 0 Å². The van der Waals surface area contributed by atoms with E-state index in [0.717, 1.165) is 11.1 Å². The lowest BCUT2D eigenvalue weighted by molar-refractivity contribution is -0.130. The lowest BCUT2D eigenvalue weighted by Crippen LogP contribution is -2.50. The smallest absolute Gasteiger partial charge is 0.272 e. The Labute approximate surface area is 182 Å². The molecule has 5 nitrogen and oxygen atoms in total. The van der Waals surface area contributed by atoms with Crippen molar-refractivity contribution in [2.24, 2.45) is 11.1 Å². The Balaban J connectivity index is 1.57. The van der Waals surface area contributed by atoms with Crippen LogP contribution in [0.1, 0.15) is 34.5 Å². The molecule has 1 fully saturated rings. The minimum absolute atomic E-state index is 0.0982. The third-order valence-electron chi connectivity index (χ3n) is 6.40. The number of aryl methyl sites for hydroxylation is 1. The molecule has 158 valence electrons. The van der Waals surface area contributed by atoms with Crippen LogP contribution in [0.2, 0.25) is 0 Å². The van der Waals surface area contributed by atoms with E-state index in [4.69, 9.17) is 5.73 Å². The highest BCUT2D eigenvalue weighted by molar-refractivity contribution is 5.92. The first-order chi connectivity index (χ1) is 15.0. The number of likely N-dealkylation sites (tertiary alicyclic amines) is 1. The molecular weight excluding hydrogens is 386 g/mol. The number of piperidine rings is 1. The largest absolute Gasteiger partial charge is 0.369 e. The normalized spacial score (nSPS) is 15.5. The van der Waals surface area contributed by atoms with Crippen molar-refractivity contribution < 1.29 is 9.59 Å². The molecule has 4 rings (SSSR count).